The van der Waals surface area contributed by atoms with Gasteiger partial charge in [0.05, 0.1) is 17.7 Å². The van der Waals surface area contributed by atoms with Crippen LogP contribution in [0.3, 0.4) is 0 Å². The first-order valence-corrected chi connectivity index (χ1v) is 5.55. The van der Waals surface area contributed by atoms with E-state index in [1.807, 2.05) is 0 Å². The molecule has 0 amide bonds. The van der Waals surface area contributed by atoms with Gasteiger partial charge in [-0.15, -0.1) is 0 Å². The molecule has 1 aromatic rings. The summed E-state index contributed by atoms with van der Waals surface area (Å²) in [6, 6.07) is 1.74. The molecule has 2 rings (SSSR count). The van der Waals surface area contributed by atoms with Gasteiger partial charge in [0.15, 0.2) is 0 Å². The van der Waals surface area contributed by atoms with E-state index in [4.69, 9.17) is 27.9 Å². The number of rotatable bonds is 3. The summed E-state index contributed by atoms with van der Waals surface area (Å²) in [5.41, 5.74) is 9.44. The van der Waals surface area contributed by atoms with Gasteiger partial charge in [-0.05, 0) is 12.5 Å². The molecule has 0 saturated carbocycles. The van der Waals surface area contributed by atoms with Gasteiger partial charge >= 0.3 is 0 Å². The molecular formula is C10H15ClN4O. The topological polar surface area (TPSA) is 86.2 Å². The second-order valence-corrected chi connectivity index (χ2v) is 4.33. The van der Waals surface area contributed by atoms with E-state index in [0.717, 1.165) is 18.6 Å². The van der Waals surface area contributed by atoms with Crippen molar-refractivity contribution in [1.29, 1.82) is 0 Å². The third-order valence-electron chi connectivity index (χ3n) is 2.87. The van der Waals surface area contributed by atoms with E-state index in [9.17, 15) is 0 Å². The zero-order chi connectivity index (χ0) is 11.5. The highest BCUT2D eigenvalue weighted by atomic mass is 35.5. The van der Waals surface area contributed by atoms with Gasteiger partial charge in [0.25, 0.3) is 0 Å². The highest BCUT2D eigenvalue weighted by molar-refractivity contribution is 6.30. The van der Waals surface area contributed by atoms with Crippen LogP contribution < -0.4 is 17.0 Å². The van der Waals surface area contributed by atoms with E-state index in [1.54, 1.807) is 6.07 Å². The number of nitrogens with two attached hydrogens (primary N) is 2. The molecule has 2 heterocycles. The van der Waals surface area contributed by atoms with Crippen molar-refractivity contribution < 1.29 is 4.74 Å². The number of anilines is 1. The maximum absolute atomic E-state index is 5.91. The Morgan fingerprint density at radius 1 is 1.62 bits per heavy atom. The normalized spacial score (nSPS) is 22.2. The van der Waals surface area contributed by atoms with Crippen molar-refractivity contribution in [3.05, 3.63) is 22.8 Å². The molecular weight excluding hydrogens is 228 g/mol. The summed E-state index contributed by atoms with van der Waals surface area (Å²) >= 11 is 5.91. The molecule has 1 saturated heterocycles. The van der Waals surface area contributed by atoms with Crippen LogP contribution in [0, 0.1) is 5.92 Å². The summed E-state index contributed by atoms with van der Waals surface area (Å²) in [5, 5.41) is 0.559. The monoisotopic (exact) mass is 242 g/mol. The zero-order valence-electron chi connectivity index (χ0n) is 8.82. The third-order valence-corrected chi connectivity index (χ3v) is 3.07. The average molecular weight is 243 g/mol. The standard InChI is InChI=1S/C10H15ClN4O/c11-7-3-8(10(12)14-4-7)9(15-13)6-1-2-16-5-6/h3-4,6,9,15H,1-2,5,13H2,(H2,12,14). The number of hydrogen-bond acceptors (Lipinski definition) is 5. The number of halogens is 1. The molecule has 1 fully saturated rings. The molecule has 0 radical (unpaired) electrons. The number of hydrazine groups is 1. The molecule has 5 N–H and O–H groups in total. The number of hydrogen-bond donors (Lipinski definition) is 3. The van der Waals surface area contributed by atoms with Crippen molar-refractivity contribution in [2.45, 2.75) is 12.5 Å². The van der Waals surface area contributed by atoms with Crippen molar-refractivity contribution >= 4 is 17.4 Å². The minimum atomic E-state index is -0.0614. The highest BCUT2D eigenvalue weighted by Gasteiger charge is 2.28. The Morgan fingerprint density at radius 3 is 3.06 bits per heavy atom. The molecule has 2 unspecified atom stereocenters. The summed E-state index contributed by atoms with van der Waals surface area (Å²) < 4.78 is 5.34. The Morgan fingerprint density at radius 2 is 2.44 bits per heavy atom. The predicted molar refractivity (Wildman–Crippen MR) is 62.6 cm³/mol. The molecule has 5 nitrogen and oxygen atoms in total. The third kappa shape index (κ3) is 2.27. The van der Waals surface area contributed by atoms with Gasteiger partial charge in [-0.1, -0.05) is 11.6 Å². The van der Waals surface area contributed by atoms with E-state index in [-0.39, 0.29) is 6.04 Å². The summed E-state index contributed by atoms with van der Waals surface area (Å²) in [4.78, 5) is 4.03. The largest absolute Gasteiger partial charge is 0.383 e. The molecule has 0 bridgehead atoms. The lowest BCUT2D eigenvalue weighted by Gasteiger charge is -2.22. The SMILES string of the molecule is NNC(c1cc(Cl)cnc1N)C1CCOC1. The molecule has 88 valence electrons. The van der Waals surface area contributed by atoms with Crippen LogP contribution in [0.1, 0.15) is 18.0 Å². The van der Waals surface area contributed by atoms with Gasteiger partial charge in [-0.25, -0.2) is 4.98 Å². The van der Waals surface area contributed by atoms with Crippen LogP contribution in [0.5, 0.6) is 0 Å². The fourth-order valence-corrected chi connectivity index (χ4v) is 2.18. The molecule has 0 spiro atoms. The first-order chi connectivity index (χ1) is 7.72. The average Bonchev–Trinajstić information content (AvgIpc) is 2.78. The number of nitrogen functional groups attached to an aromatic ring is 1. The molecule has 1 aliphatic heterocycles. The van der Waals surface area contributed by atoms with Crippen molar-refractivity contribution in [2.75, 3.05) is 18.9 Å². The van der Waals surface area contributed by atoms with E-state index >= 15 is 0 Å². The van der Waals surface area contributed by atoms with Crippen molar-refractivity contribution in [3.8, 4) is 0 Å². The summed E-state index contributed by atoms with van der Waals surface area (Å²) in [7, 11) is 0. The van der Waals surface area contributed by atoms with Crippen molar-refractivity contribution in [2.24, 2.45) is 11.8 Å². The van der Waals surface area contributed by atoms with Crippen LogP contribution in [0.2, 0.25) is 5.02 Å². The number of nitrogens with zero attached hydrogens (tertiary/aromatic N) is 1. The van der Waals surface area contributed by atoms with Crippen molar-refractivity contribution in [3.63, 3.8) is 0 Å². The molecule has 2 atom stereocenters. The predicted octanol–water partition coefficient (Wildman–Crippen LogP) is 0.858. The minimum absolute atomic E-state index is 0.0614. The molecule has 1 aromatic heterocycles. The van der Waals surface area contributed by atoms with Gasteiger partial charge in [0.1, 0.15) is 5.82 Å². The van der Waals surface area contributed by atoms with Crippen LogP contribution in [0.15, 0.2) is 12.3 Å². The van der Waals surface area contributed by atoms with E-state index in [0.29, 0.717) is 23.4 Å². The zero-order valence-corrected chi connectivity index (χ0v) is 9.57. The number of pyridine rings is 1. The molecule has 0 aliphatic carbocycles. The molecule has 16 heavy (non-hydrogen) atoms. The van der Waals surface area contributed by atoms with E-state index in [2.05, 4.69) is 10.4 Å². The highest BCUT2D eigenvalue weighted by Crippen LogP contribution is 2.31. The van der Waals surface area contributed by atoms with Crippen LogP contribution in [-0.4, -0.2) is 18.2 Å². The van der Waals surface area contributed by atoms with Crippen molar-refractivity contribution in [1.82, 2.24) is 10.4 Å². The lowest BCUT2D eigenvalue weighted by Crippen LogP contribution is -2.34. The van der Waals surface area contributed by atoms with Crippen LogP contribution in [0.25, 0.3) is 0 Å². The van der Waals surface area contributed by atoms with Gasteiger partial charge in [-0.3, -0.25) is 11.3 Å². The molecule has 1 aliphatic rings. The van der Waals surface area contributed by atoms with Crippen LogP contribution in [0.4, 0.5) is 5.82 Å². The first kappa shape index (κ1) is 11.6. The number of aromatic nitrogens is 1. The Balaban J connectivity index is 2.28. The number of ether oxygens (including phenoxy) is 1. The Kier molecular flexibility index (Phi) is 3.60. The van der Waals surface area contributed by atoms with Crippen LogP contribution >= 0.6 is 11.6 Å². The van der Waals surface area contributed by atoms with Gasteiger partial charge in [-0.2, -0.15) is 0 Å². The molecule has 0 aromatic carbocycles. The van der Waals surface area contributed by atoms with Gasteiger partial charge in [0, 0.05) is 24.3 Å². The van der Waals surface area contributed by atoms with Crippen LogP contribution in [-0.2, 0) is 4.74 Å². The maximum Gasteiger partial charge on any atom is 0.128 e. The first-order valence-electron chi connectivity index (χ1n) is 5.17. The number of nitrogens with one attached hydrogen (secondary N) is 1. The lowest BCUT2D eigenvalue weighted by molar-refractivity contribution is 0.177. The fourth-order valence-electron chi connectivity index (χ4n) is 2.01. The maximum atomic E-state index is 5.91. The molecule has 6 heteroatoms. The van der Waals surface area contributed by atoms with Gasteiger partial charge < -0.3 is 10.5 Å². The summed E-state index contributed by atoms with van der Waals surface area (Å²) in [5.74, 6) is 6.34. The minimum Gasteiger partial charge on any atom is -0.383 e. The lowest BCUT2D eigenvalue weighted by atomic mass is 9.93. The van der Waals surface area contributed by atoms with Gasteiger partial charge in [0.2, 0.25) is 0 Å². The fraction of sp³-hybridized carbons (Fsp3) is 0.500. The smallest absolute Gasteiger partial charge is 0.128 e. The second-order valence-electron chi connectivity index (χ2n) is 3.90. The Bertz CT molecular complexity index is 368. The van der Waals surface area contributed by atoms with E-state index < -0.39 is 0 Å². The Labute approximate surface area is 99.1 Å². The quantitative estimate of drug-likeness (QED) is 0.541. The second kappa shape index (κ2) is 4.97. The van der Waals surface area contributed by atoms with E-state index in [1.165, 1.54) is 6.20 Å². The summed E-state index contributed by atoms with van der Waals surface area (Å²) in [6.45, 7) is 1.44. The summed E-state index contributed by atoms with van der Waals surface area (Å²) in [6.07, 6.45) is 2.49. The Hall–Kier alpha value is -0.880.